The Morgan fingerprint density at radius 3 is 1.86 bits per heavy atom. The van der Waals surface area contributed by atoms with Crippen molar-refractivity contribution in [3.05, 3.63) is 91.4 Å². The lowest BCUT2D eigenvalue weighted by molar-refractivity contribution is 0.440. The molecule has 29 heavy (non-hydrogen) atoms. The molecule has 3 aromatic carbocycles. The van der Waals surface area contributed by atoms with Crippen molar-refractivity contribution < 1.29 is 23.2 Å². The predicted octanol–water partition coefficient (Wildman–Crippen LogP) is 5.89. The Morgan fingerprint density at radius 2 is 1.34 bits per heavy atom. The Morgan fingerprint density at radius 1 is 0.759 bits per heavy atom. The van der Waals surface area contributed by atoms with Crippen LogP contribution in [0.1, 0.15) is 16.7 Å². The molecule has 0 spiro atoms. The van der Waals surface area contributed by atoms with Gasteiger partial charge in [-0.2, -0.15) is 8.42 Å². The van der Waals surface area contributed by atoms with Crippen LogP contribution in [0.4, 0.5) is 0 Å². The van der Waals surface area contributed by atoms with E-state index in [1.165, 1.54) is 36.4 Å². The van der Waals surface area contributed by atoms with E-state index in [0.717, 1.165) is 18.2 Å². The molecule has 0 heterocycles. The number of hydrogen-bond donors (Lipinski definition) is 3. The van der Waals surface area contributed by atoms with Gasteiger partial charge in [0.1, 0.15) is 5.75 Å². The summed E-state index contributed by atoms with van der Waals surface area (Å²) in [5.41, 5.74) is -0.347. The molecule has 1 atom stereocenters. The molecule has 3 aromatic rings. The van der Waals surface area contributed by atoms with Crippen LogP contribution >= 0.6 is 46.4 Å². The number of benzene rings is 3. The van der Waals surface area contributed by atoms with Crippen molar-refractivity contribution in [1.82, 2.24) is 0 Å². The molecule has 0 radical (unpaired) electrons. The fraction of sp³-hybridized carbons (Fsp3) is 0.0526. The van der Waals surface area contributed by atoms with E-state index in [9.17, 15) is 23.2 Å². The van der Waals surface area contributed by atoms with Crippen LogP contribution in [0.3, 0.4) is 0 Å². The molecule has 0 saturated heterocycles. The van der Waals surface area contributed by atoms with Gasteiger partial charge in [0, 0.05) is 15.6 Å². The molecule has 0 bridgehead atoms. The topological polar surface area (TPSA) is 94.8 Å². The molecular formula is C19H12Cl4O5S. The summed E-state index contributed by atoms with van der Waals surface area (Å²) in [5, 5.41) is 20.3. The number of phenolic OH excluding ortho intramolecular Hbond substituents is 2. The van der Waals surface area contributed by atoms with Gasteiger partial charge in [-0.05, 0) is 47.5 Å². The Bertz CT molecular complexity index is 1190. The fourth-order valence-corrected chi connectivity index (χ4v) is 5.33. The maximum Gasteiger partial charge on any atom is 0.283 e. The first-order chi connectivity index (χ1) is 13.5. The summed E-state index contributed by atoms with van der Waals surface area (Å²) in [6.45, 7) is 0. The molecule has 0 amide bonds. The number of aromatic hydroxyl groups is 2. The van der Waals surface area contributed by atoms with Gasteiger partial charge >= 0.3 is 0 Å². The molecule has 152 valence electrons. The normalized spacial score (nSPS) is 13.8. The Labute approximate surface area is 186 Å². The summed E-state index contributed by atoms with van der Waals surface area (Å²) in [5.74, 6) is -0.969. The maximum atomic E-state index is 12.9. The number of halogens is 4. The third kappa shape index (κ3) is 3.77. The zero-order chi connectivity index (χ0) is 21.6. The third-order valence-corrected chi connectivity index (χ3v) is 6.89. The zero-order valence-corrected chi connectivity index (χ0v) is 18.1. The molecule has 0 aliphatic heterocycles. The molecule has 0 fully saturated rings. The van der Waals surface area contributed by atoms with Gasteiger partial charge < -0.3 is 10.2 Å². The van der Waals surface area contributed by atoms with Crippen molar-refractivity contribution >= 4 is 56.5 Å². The highest BCUT2D eigenvalue weighted by Crippen LogP contribution is 2.50. The summed E-state index contributed by atoms with van der Waals surface area (Å²) in [6.07, 6.45) is 0. The second-order valence-corrected chi connectivity index (χ2v) is 9.37. The average Bonchev–Trinajstić information content (AvgIpc) is 2.60. The van der Waals surface area contributed by atoms with Gasteiger partial charge in [0.05, 0.1) is 10.0 Å². The maximum absolute atomic E-state index is 12.9. The average molecular weight is 494 g/mol. The second kappa shape index (κ2) is 7.87. The summed E-state index contributed by atoms with van der Waals surface area (Å²) in [7, 11) is -5.04. The summed E-state index contributed by atoms with van der Waals surface area (Å²) in [6, 6.07) is 11.7. The van der Waals surface area contributed by atoms with Crippen LogP contribution < -0.4 is 0 Å². The smallest absolute Gasteiger partial charge is 0.283 e. The van der Waals surface area contributed by atoms with Crippen LogP contribution in [0.25, 0.3) is 0 Å². The molecule has 0 aromatic heterocycles. The lowest BCUT2D eigenvalue weighted by atomic mass is 9.83. The van der Waals surface area contributed by atoms with Gasteiger partial charge in [0.2, 0.25) is 0 Å². The second-order valence-electron chi connectivity index (χ2n) is 6.12. The van der Waals surface area contributed by atoms with Gasteiger partial charge in [-0.3, -0.25) is 4.55 Å². The van der Waals surface area contributed by atoms with Gasteiger partial charge in [-0.25, -0.2) is 0 Å². The van der Waals surface area contributed by atoms with Crippen LogP contribution in [-0.2, 0) is 14.9 Å². The minimum atomic E-state index is -5.04. The van der Waals surface area contributed by atoms with E-state index in [1.807, 2.05) is 0 Å². The van der Waals surface area contributed by atoms with Crippen LogP contribution in [-0.4, -0.2) is 23.2 Å². The first-order valence-corrected chi connectivity index (χ1v) is 10.8. The van der Waals surface area contributed by atoms with Gasteiger partial charge in [0.25, 0.3) is 10.1 Å². The van der Waals surface area contributed by atoms with Gasteiger partial charge in [0.15, 0.2) is 10.5 Å². The largest absolute Gasteiger partial charge is 0.508 e. The highest BCUT2D eigenvalue weighted by molar-refractivity contribution is 7.87. The zero-order valence-electron chi connectivity index (χ0n) is 14.3. The summed E-state index contributed by atoms with van der Waals surface area (Å²) in [4.78, 5) is 0. The highest BCUT2D eigenvalue weighted by Gasteiger charge is 2.50. The number of hydrogen-bond acceptors (Lipinski definition) is 4. The van der Waals surface area contributed by atoms with Crippen LogP contribution in [0.15, 0.2) is 54.6 Å². The first-order valence-electron chi connectivity index (χ1n) is 7.89. The minimum absolute atomic E-state index is 0.00273. The molecule has 5 nitrogen and oxygen atoms in total. The Hall–Kier alpha value is -1.67. The highest BCUT2D eigenvalue weighted by atomic mass is 35.5. The summed E-state index contributed by atoms with van der Waals surface area (Å²) >= 11 is 24.0. The quantitative estimate of drug-likeness (QED) is 0.311. The van der Waals surface area contributed by atoms with Crippen molar-refractivity contribution in [2.24, 2.45) is 0 Å². The van der Waals surface area contributed by atoms with Crippen LogP contribution in [0, 0.1) is 0 Å². The molecule has 0 aliphatic rings. The van der Waals surface area contributed by atoms with Crippen molar-refractivity contribution in [2.45, 2.75) is 4.75 Å². The van der Waals surface area contributed by atoms with Crippen molar-refractivity contribution in [3.63, 3.8) is 0 Å². The van der Waals surface area contributed by atoms with E-state index in [0.29, 0.717) is 0 Å². The predicted molar refractivity (Wildman–Crippen MR) is 114 cm³/mol. The standard InChI is InChI=1S/C19H12Cl4O5S/c20-12-3-1-2-10(6-12)19(29(26,27)28,14-5-4-13(21)9-17(14)24)11-7-15(22)18(25)16(23)8-11/h1-9,24-25H,(H,26,27,28). The molecular weight excluding hydrogens is 482 g/mol. The van der Waals surface area contributed by atoms with E-state index in [-0.39, 0.29) is 36.8 Å². The van der Waals surface area contributed by atoms with E-state index < -0.39 is 26.4 Å². The number of phenols is 2. The fourth-order valence-electron chi connectivity index (χ4n) is 3.19. The van der Waals surface area contributed by atoms with Gasteiger partial charge in [-0.15, -0.1) is 0 Å². The molecule has 0 aliphatic carbocycles. The SMILES string of the molecule is O=S(=O)(O)C(c1cccc(Cl)c1)(c1cc(Cl)c(O)c(Cl)c1)c1ccc(Cl)cc1O. The third-order valence-electron chi connectivity index (χ3n) is 4.38. The van der Waals surface area contributed by atoms with Crippen LogP contribution in [0.5, 0.6) is 11.5 Å². The van der Waals surface area contributed by atoms with E-state index >= 15 is 0 Å². The lowest BCUT2D eigenvalue weighted by Gasteiger charge is -2.33. The molecule has 0 saturated carbocycles. The van der Waals surface area contributed by atoms with Gasteiger partial charge in [-0.1, -0.05) is 64.6 Å². The molecule has 3 N–H and O–H groups in total. The van der Waals surface area contributed by atoms with Crippen LogP contribution in [0.2, 0.25) is 20.1 Å². The first kappa shape index (κ1) is 22.0. The molecule has 3 rings (SSSR count). The van der Waals surface area contributed by atoms with E-state index in [2.05, 4.69) is 0 Å². The van der Waals surface area contributed by atoms with E-state index in [4.69, 9.17) is 46.4 Å². The number of rotatable bonds is 4. The van der Waals surface area contributed by atoms with E-state index in [1.54, 1.807) is 0 Å². The van der Waals surface area contributed by atoms with Crippen molar-refractivity contribution in [1.29, 1.82) is 0 Å². The molecule has 1 unspecified atom stereocenters. The Balaban J connectivity index is 2.58. The minimum Gasteiger partial charge on any atom is -0.508 e. The summed E-state index contributed by atoms with van der Waals surface area (Å²) < 4.78 is 33.9. The van der Waals surface area contributed by atoms with Crippen molar-refractivity contribution in [3.8, 4) is 11.5 Å². The Kier molecular flexibility index (Phi) is 5.98. The van der Waals surface area contributed by atoms with Crippen molar-refractivity contribution in [2.75, 3.05) is 0 Å². The molecule has 10 heteroatoms. The lowest BCUT2D eigenvalue weighted by Crippen LogP contribution is -2.38. The monoisotopic (exact) mass is 492 g/mol.